The average Bonchev–Trinajstić information content (AvgIpc) is 3.37. The van der Waals surface area contributed by atoms with Crippen LogP contribution in [0, 0.1) is 24.8 Å². The second kappa shape index (κ2) is 12.9. The Bertz CT molecular complexity index is 1870. The van der Waals surface area contributed by atoms with Crippen LogP contribution >= 0.6 is 11.3 Å². The third-order valence-electron chi connectivity index (χ3n) is 6.72. The first-order chi connectivity index (χ1) is 20.6. The number of halogens is 1. The summed E-state index contributed by atoms with van der Waals surface area (Å²) in [5, 5.41) is 2.85. The van der Waals surface area contributed by atoms with E-state index >= 15 is 0 Å². The Morgan fingerprint density at radius 3 is 2.41 bits per heavy atom. The minimum absolute atomic E-state index is 0. The van der Waals surface area contributed by atoms with Crippen molar-refractivity contribution in [2.45, 2.75) is 46.2 Å². The minimum Gasteiger partial charge on any atom is -0.305 e. The van der Waals surface area contributed by atoms with Crippen molar-refractivity contribution in [2.75, 3.05) is 0 Å². The van der Waals surface area contributed by atoms with Gasteiger partial charge in [0.25, 0.3) is 0 Å². The molecule has 0 saturated carbocycles. The van der Waals surface area contributed by atoms with Crippen molar-refractivity contribution < 1.29 is 30.0 Å². The summed E-state index contributed by atoms with van der Waals surface area (Å²) >= 11 is 1.55. The van der Waals surface area contributed by atoms with Crippen molar-refractivity contribution in [3.63, 3.8) is 0 Å². The van der Waals surface area contributed by atoms with Crippen LogP contribution in [-0.4, -0.2) is 18.0 Å². The van der Waals surface area contributed by atoms with E-state index in [1.54, 1.807) is 29.7 Å². The molecule has 0 fully saturated rings. The maximum Gasteiger partial charge on any atom is 0.0795 e. The van der Waals surface area contributed by atoms with Crippen LogP contribution in [0.4, 0.5) is 4.39 Å². The molecule has 0 unspecified atom stereocenters. The monoisotopic (exact) mass is 757 g/mol. The summed E-state index contributed by atoms with van der Waals surface area (Å²) in [6, 6.07) is 28.0. The molecule has 0 bridgehead atoms. The molecular formula is C35H33FIrN2SSi-2. The van der Waals surface area contributed by atoms with E-state index in [0.29, 0.717) is 10.9 Å². The molecule has 3 aromatic heterocycles. The molecule has 3 heterocycles. The summed E-state index contributed by atoms with van der Waals surface area (Å²) in [5.74, 6) is -0.972. The van der Waals surface area contributed by atoms with Crippen molar-refractivity contribution >= 4 is 44.8 Å². The number of hydrogen-bond donors (Lipinski definition) is 0. The first-order valence-corrected chi connectivity index (χ1v) is 17.4. The number of aryl methyl sites for hydroxylation is 1. The van der Waals surface area contributed by atoms with Crippen LogP contribution in [0.1, 0.15) is 36.4 Å². The molecule has 3 aromatic carbocycles. The third-order valence-corrected chi connectivity index (χ3v) is 9.93. The number of pyridine rings is 2. The van der Waals surface area contributed by atoms with Crippen LogP contribution in [0.15, 0.2) is 85.2 Å². The van der Waals surface area contributed by atoms with Crippen molar-refractivity contribution in [1.82, 2.24) is 9.97 Å². The van der Waals surface area contributed by atoms with E-state index in [2.05, 4.69) is 47.8 Å². The molecule has 0 saturated heterocycles. The molecule has 0 atom stereocenters. The fourth-order valence-electron chi connectivity index (χ4n) is 4.38. The van der Waals surface area contributed by atoms with Crippen LogP contribution < -0.4 is 5.19 Å². The zero-order valence-corrected chi connectivity index (χ0v) is 27.8. The summed E-state index contributed by atoms with van der Waals surface area (Å²) in [6.07, 6.45) is 3.63. The van der Waals surface area contributed by atoms with Gasteiger partial charge in [-0.25, -0.2) is 0 Å². The molecule has 0 N–H and O–H groups in total. The second-order valence-corrected chi connectivity index (χ2v) is 17.0. The van der Waals surface area contributed by atoms with E-state index in [0.717, 1.165) is 42.9 Å². The van der Waals surface area contributed by atoms with E-state index < -0.39 is 20.8 Å². The maximum absolute atomic E-state index is 14.4. The predicted octanol–water partition coefficient (Wildman–Crippen LogP) is 9.58. The van der Waals surface area contributed by atoms with Gasteiger partial charge in [-0.05, 0) is 50.1 Å². The topological polar surface area (TPSA) is 25.8 Å². The van der Waals surface area contributed by atoms with E-state index in [1.165, 1.54) is 17.3 Å². The Kier molecular flexibility index (Phi) is 8.06. The van der Waals surface area contributed by atoms with Gasteiger partial charge in [-0.1, -0.05) is 82.3 Å². The molecule has 1 radical (unpaired) electrons. The van der Waals surface area contributed by atoms with Gasteiger partial charge in [0.05, 0.1) is 8.07 Å². The fraction of sp³-hybridized carbons (Fsp3) is 0.200. The predicted molar refractivity (Wildman–Crippen MR) is 172 cm³/mol. The van der Waals surface area contributed by atoms with Gasteiger partial charge in [-0.15, -0.1) is 53.1 Å². The molecular weight excluding hydrogens is 720 g/mol. The molecule has 0 aliphatic rings. The van der Waals surface area contributed by atoms with Crippen LogP contribution in [0.2, 0.25) is 19.6 Å². The zero-order valence-electron chi connectivity index (χ0n) is 27.6. The maximum atomic E-state index is 14.4. The minimum atomic E-state index is -2.08. The van der Waals surface area contributed by atoms with Crippen LogP contribution in [-0.2, 0) is 20.1 Å². The van der Waals surface area contributed by atoms with Gasteiger partial charge in [0, 0.05) is 48.5 Å². The van der Waals surface area contributed by atoms with Crippen molar-refractivity contribution in [1.29, 1.82) is 0 Å². The molecule has 0 aliphatic heterocycles. The Labute approximate surface area is 266 Å². The van der Waals surface area contributed by atoms with E-state index in [4.69, 9.17) is 5.48 Å². The number of fused-ring (bicyclic) bond motifs is 3. The smallest absolute Gasteiger partial charge is 0.0795 e. The van der Waals surface area contributed by atoms with Gasteiger partial charge in [-0.3, -0.25) is 4.39 Å². The van der Waals surface area contributed by atoms with Crippen molar-refractivity contribution in [2.24, 2.45) is 0 Å². The Hall–Kier alpha value is -3.02. The average molecular weight is 757 g/mol. The van der Waals surface area contributed by atoms with Gasteiger partial charge in [-0.2, -0.15) is 11.3 Å². The standard InChI is InChI=1S/C20H15FNS.C15H18NSi.Ir/c1-12(2)13-9-10-22-17(11-13)14-7-8-16(21)19-15-5-3-4-6-18(15)23-20(14)19;1-12-5-7-13(8-6-12)15-10-9-14(11-16-15)17(2,3)4;/h3-6,8-12H,1-2H3;5-7,9-11H,1-4H3;/q2*-1;/i12D;1D3;. The number of aromatic nitrogens is 2. The van der Waals surface area contributed by atoms with E-state index in [1.807, 2.05) is 62.5 Å². The van der Waals surface area contributed by atoms with E-state index in [9.17, 15) is 4.39 Å². The van der Waals surface area contributed by atoms with Crippen molar-refractivity contribution in [3.05, 3.63) is 114 Å². The van der Waals surface area contributed by atoms with Crippen LogP contribution in [0.25, 0.3) is 42.7 Å². The first kappa shape index (κ1) is 25.7. The molecule has 0 spiro atoms. The Balaban J connectivity index is 0.000000204. The largest absolute Gasteiger partial charge is 0.305 e. The molecule has 2 nitrogen and oxygen atoms in total. The Morgan fingerprint density at radius 1 is 0.951 bits per heavy atom. The molecule has 6 rings (SSSR count). The molecule has 0 amide bonds. The third kappa shape index (κ3) is 6.90. The summed E-state index contributed by atoms with van der Waals surface area (Å²) < 4.78 is 46.6. The normalized spacial score (nSPS) is 13.3. The summed E-state index contributed by atoms with van der Waals surface area (Å²) in [4.78, 5) is 8.91. The zero-order chi connectivity index (χ0) is 31.9. The molecule has 6 aromatic rings. The van der Waals surface area contributed by atoms with Gasteiger partial charge in [0.1, 0.15) is 0 Å². The number of rotatable bonds is 4. The number of benzene rings is 3. The SMILES string of the molecule is [2H]C(C)(C)c1ccnc(-c2[c-]cc(F)c3c2sc2ccccc23)c1.[2H]C([2H])([2H])c1c[c-]c(-c2ccc([Si](C)(C)C)cn2)cc1.[Ir]. The number of nitrogens with zero attached hydrogens (tertiary/aromatic N) is 2. The second-order valence-electron chi connectivity index (χ2n) is 10.9. The van der Waals surface area contributed by atoms with Gasteiger partial charge in [0.2, 0.25) is 0 Å². The molecule has 0 aliphatic carbocycles. The summed E-state index contributed by atoms with van der Waals surface area (Å²) in [5.41, 5.74) is 4.34. The molecule has 41 heavy (non-hydrogen) atoms. The number of thiophene rings is 1. The van der Waals surface area contributed by atoms with Gasteiger partial charge in [0.15, 0.2) is 0 Å². The van der Waals surface area contributed by atoms with Crippen molar-refractivity contribution in [3.8, 4) is 22.5 Å². The summed E-state index contributed by atoms with van der Waals surface area (Å²) in [7, 11) is -1.34. The fourth-order valence-corrected chi connectivity index (χ4v) is 6.64. The van der Waals surface area contributed by atoms with E-state index in [-0.39, 0.29) is 25.9 Å². The quantitative estimate of drug-likeness (QED) is 0.132. The first-order valence-electron chi connectivity index (χ1n) is 15.1. The van der Waals surface area contributed by atoms with Gasteiger partial charge < -0.3 is 9.97 Å². The van der Waals surface area contributed by atoms with Crippen LogP contribution in [0.5, 0.6) is 0 Å². The van der Waals surface area contributed by atoms with Gasteiger partial charge >= 0.3 is 0 Å². The Morgan fingerprint density at radius 2 is 1.76 bits per heavy atom. The van der Waals surface area contributed by atoms with Crippen LogP contribution in [0.3, 0.4) is 0 Å². The summed E-state index contributed by atoms with van der Waals surface area (Å²) in [6.45, 7) is 8.44. The molecule has 211 valence electrons. The number of hydrogen-bond acceptors (Lipinski definition) is 3. The molecule has 6 heteroatoms.